The molecule has 23 heavy (non-hydrogen) atoms. The van der Waals surface area contributed by atoms with Crippen molar-refractivity contribution >= 4 is 17.9 Å². The molecule has 0 atom stereocenters. The molecule has 2 aromatic rings. The Morgan fingerprint density at radius 3 is 2.09 bits per heavy atom. The SMILES string of the molecule is CC.CC(C)(C)C(=O)Nc1cc(-c2ccccc2)ccc1C=O. The minimum atomic E-state index is -0.511. The molecular formula is C20H25NO2. The van der Waals surface area contributed by atoms with Gasteiger partial charge >= 0.3 is 0 Å². The Hall–Kier alpha value is -2.42. The van der Waals surface area contributed by atoms with E-state index in [4.69, 9.17) is 0 Å². The number of rotatable bonds is 3. The van der Waals surface area contributed by atoms with Crippen LogP contribution in [0.5, 0.6) is 0 Å². The molecule has 122 valence electrons. The summed E-state index contributed by atoms with van der Waals surface area (Å²) in [4.78, 5) is 23.3. The second-order valence-corrected chi connectivity index (χ2v) is 5.99. The van der Waals surface area contributed by atoms with Gasteiger partial charge in [-0.25, -0.2) is 0 Å². The second kappa shape index (κ2) is 8.28. The minimum Gasteiger partial charge on any atom is -0.325 e. The molecule has 0 bridgehead atoms. The highest BCUT2D eigenvalue weighted by atomic mass is 16.2. The van der Waals surface area contributed by atoms with Gasteiger partial charge in [-0.1, -0.05) is 71.0 Å². The molecule has 1 amide bonds. The van der Waals surface area contributed by atoms with Crippen molar-refractivity contribution in [2.24, 2.45) is 5.41 Å². The van der Waals surface area contributed by atoms with E-state index in [9.17, 15) is 9.59 Å². The van der Waals surface area contributed by atoms with Crippen molar-refractivity contribution in [3.8, 4) is 11.1 Å². The number of hydrogen-bond acceptors (Lipinski definition) is 2. The van der Waals surface area contributed by atoms with E-state index in [-0.39, 0.29) is 5.91 Å². The van der Waals surface area contributed by atoms with E-state index >= 15 is 0 Å². The van der Waals surface area contributed by atoms with Gasteiger partial charge in [-0.3, -0.25) is 9.59 Å². The van der Waals surface area contributed by atoms with Crippen LogP contribution in [0.25, 0.3) is 11.1 Å². The number of carbonyl (C=O) groups excluding carboxylic acids is 2. The van der Waals surface area contributed by atoms with Crippen LogP contribution in [-0.4, -0.2) is 12.2 Å². The van der Waals surface area contributed by atoms with E-state index in [1.54, 1.807) is 6.07 Å². The number of nitrogens with one attached hydrogen (secondary N) is 1. The van der Waals surface area contributed by atoms with Crippen molar-refractivity contribution in [2.75, 3.05) is 5.32 Å². The molecule has 2 rings (SSSR count). The van der Waals surface area contributed by atoms with Crippen LogP contribution in [0.3, 0.4) is 0 Å². The molecule has 0 saturated heterocycles. The smallest absolute Gasteiger partial charge is 0.229 e. The molecule has 2 aromatic carbocycles. The van der Waals surface area contributed by atoms with Crippen LogP contribution < -0.4 is 5.32 Å². The highest BCUT2D eigenvalue weighted by molar-refractivity contribution is 5.99. The monoisotopic (exact) mass is 311 g/mol. The lowest BCUT2D eigenvalue weighted by molar-refractivity contribution is -0.123. The van der Waals surface area contributed by atoms with Gasteiger partial charge in [0.05, 0.1) is 5.69 Å². The van der Waals surface area contributed by atoms with Crippen LogP contribution in [-0.2, 0) is 4.79 Å². The van der Waals surface area contributed by atoms with E-state index in [0.717, 1.165) is 17.4 Å². The van der Waals surface area contributed by atoms with Crippen molar-refractivity contribution in [2.45, 2.75) is 34.6 Å². The molecular weight excluding hydrogens is 286 g/mol. The number of anilines is 1. The number of aldehydes is 1. The van der Waals surface area contributed by atoms with Gasteiger partial charge in [-0.2, -0.15) is 0 Å². The lowest BCUT2D eigenvalue weighted by atomic mass is 9.95. The van der Waals surface area contributed by atoms with Crippen LogP contribution >= 0.6 is 0 Å². The topological polar surface area (TPSA) is 46.2 Å². The maximum Gasteiger partial charge on any atom is 0.229 e. The summed E-state index contributed by atoms with van der Waals surface area (Å²) in [6.07, 6.45) is 0.757. The first kappa shape index (κ1) is 18.6. The Kier molecular flexibility index (Phi) is 6.70. The summed E-state index contributed by atoms with van der Waals surface area (Å²) >= 11 is 0. The summed E-state index contributed by atoms with van der Waals surface area (Å²) in [5.41, 5.74) is 2.52. The maximum absolute atomic E-state index is 12.1. The van der Waals surface area contributed by atoms with Crippen molar-refractivity contribution in [1.29, 1.82) is 0 Å². The van der Waals surface area contributed by atoms with Crippen LogP contribution in [0.4, 0.5) is 5.69 Å². The van der Waals surface area contributed by atoms with Gasteiger partial charge in [0.2, 0.25) is 5.91 Å². The van der Waals surface area contributed by atoms with Crippen LogP contribution in [0.15, 0.2) is 48.5 Å². The fraction of sp³-hybridized carbons (Fsp3) is 0.300. The zero-order valence-corrected chi connectivity index (χ0v) is 14.5. The summed E-state index contributed by atoms with van der Waals surface area (Å²) in [5, 5.41) is 2.84. The molecule has 0 spiro atoms. The van der Waals surface area contributed by atoms with Gasteiger partial charge in [0.1, 0.15) is 0 Å². The average Bonchev–Trinajstić information content (AvgIpc) is 2.56. The number of amides is 1. The highest BCUT2D eigenvalue weighted by Gasteiger charge is 2.22. The van der Waals surface area contributed by atoms with Crippen molar-refractivity contribution in [1.82, 2.24) is 0 Å². The molecule has 0 aromatic heterocycles. The van der Waals surface area contributed by atoms with Crippen LogP contribution in [0.2, 0.25) is 0 Å². The number of hydrogen-bond donors (Lipinski definition) is 1. The Morgan fingerprint density at radius 1 is 0.957 bits per heavy atom. The quantitative estimate of drug-likeness (QED) is 0.794. The fourth-order valence-corrected chi connectivity index (χ4v) is 1.89. The van der Waals surface area contributed by atoms with E-state index in [0.29, 0.717) is 11.3 Å². The molecule has 3 nitrogen and oxygen atoms in total. The Labute approximate surface area is 138 Å². The first-order valence-corrected chi connectivity index (χ1v) is 7.88. The number of benzene rings is 2. The normalized spacial score (nSPS) is 10.3. The third-order valence-corrected chi connectivity index (χ3v) is 3.22. The lowest BCUT2D eigenvalue weighted by Gasteiger charge is -2.19. The standard InChI is InChI=1S/C18H19NO2.C2H6/c1-18(2,3)17(21)19-16-11-14(9-10-15(16)12-20)13-7-5-4-6-8-13;1-2/h4-12H,1-3H3,(H,19,21);1-2H3. The molecule has 3 heteroatoms. The first-order chi connectivity index (χ1) is 10.9. The minimum absolute atomic E-state index is 0.115. The van der Waals surface area contributed by atoms with Gasteiger partial charge in [0.25, 0.3) is 0 Å². The second-order valence-electron chi connectivity index (χ2n) is 5.99. The molecule has 0 fully saturated rings. The van der Waals surface area contributed by atoms with Gasteiger partial charge in [0.15, 0.2) is 6.29 Å². The van der Waals surface area contributed by atoms with Crippen molar-refractivity contribution < 1.29 is 9.59 Å². The molecule has 0 aliphatic rings. The van der Waals surface area contributed by atoms with E-state index < -0.39 is 5.41 Å². The predicted octanol–water partition coefficient (Wildman–Crippen LogP) is 5.18. The molecule has 0 aliphatic heterocycles. The Bertz CT molecular complexity index is 655. The summed E-state index contributed by atoms with van der Waals surface area (Å²) in [6, 6.07) is 15.3. The van der Waals surface area contributed by atoms with E-state index in [1.165, 1.54) is 0 Å². The number of carbonyl (C=O) groups is 2. The van der Waals surface area contributed by atoms with Gasteiger partial charge in [0, 0.05) is 11.0 Å². The molecule has 0 heterocycles. The zero-order chi connectivity index (χ0) is 17.5. The van der Waals surface area contributed by atoms with Gasteiger partial charge in [-0.05, 0) is 23.3 Å². The summed E-state index contributed by atoms with van der Waals surface area (Å²) in [6.45, 7) is 9.51. The van der Waals surface area contributed by atoms with E-state index in [1.807, 2.05) is 77.1 Å². The maximum atomic E-state index is 12.1. The van der Waals surface area contributed by atoms with Gasteiger partial charge < -0.3 is 5.32 Å². The van der Waals surface area contributed by atoms with Crippen LogP contribution in [0, 0.1) is 5.41 Å². The van der Waals surface area contributed by atoms with Gasteiger partial charge in [-0.15, -0.1) is 0 Å². The molecule has 0 radical (unpaired) electrons. The van der Waals surface area contributed by atoms with Crippen molar-refractivity contribution in [3.05, 3.63) is 54.1 Å². The zero-order valence-electron chi connectivity index (χ0n) is 14.5. The lowest BCUT2D eigenvalue weighted by Crippen LogP contribution is -2.28. The Morgan fingerprint density at radius 2 is 1.57 bits per heavy atom. The molecule has 0 saturated carbocycles. The fourth-order valence-electron chi connectivity index (χ4n) is 1.89. The Balaban J connectivity index is 0.00000127. The third-order valence-electron chi connectivity index (χ3n) is 3.22. The third kappa shape index (κ3) is 5.06. The highest BCUT2D eigenvalue weighted by Crippen LogP contribution is 2.26. The van der Waals surface area contributed by atoms with Crippen LogP contribution in [0.1, 0.15) is 45.0 Å². The largest absolute Gasteiger partial charge is 0.325 e. The summed E-state index contributed by atoms with van der Waals surface area (Å²) < 4.78 is 0. The van der Waals surface area contributed by atoms with E-state index in [2.05, 4.69) is 5.32 Å². The molecule has 0 aliphatic carbocycles. The average molecular weight is 311 g/mol. The van der Waals surface area contributed by atoms with Crippen molar-refractivity contribution in [3.63, 3.8) is 0 Å². The predicted molar refractivity (Wildman–Crippen MR) is 96.7 cm³/mol. The molecule has 0 unspecified atom stereocenters. The summed E-state index contributed by atoms with van der Waals surface area (Å²) in [5.74, 6) is -0.115. The summed E-state index contributed by atoms with van der Waals surface area (Å²) in [7, 11) is 0. The molecule has 1 N–H and O–H groups in total. The first-order valence-electron chi connectivity index (χ1n) is 7.88.